The summed E-state index contributed by atoms with van der Waals surface area (Å²) in [6.07, 6.45) is -0.915. The highest BCUT2D eigenvalue weighted by Gasteiger charge is 2.62. The minimum atomic E-state index is -3.15. The standard InChI is InChI=1S/C24H24F4N4O4/c1-11-7-13(8-14(25)17(11)26)30-20(34)18-12(2)16(15-5-4-6-32(15)18)19(33)21(35)31-23(22(36)29-3)9-24(27,28)10-23/h7-8H,4-6,9-10H2,1-3H3,(H,29,36)(H,30,34)(H,31,35). The summed E-state index contributed by atoms with van der Waals surface area (Å²) in [7, 11) is 1.23. The van der Waals surface area contributed by atoms with E-state index in [1.54, 1.807) is 4.57 Å². The first-order valence-corrected chi connectivity index (χ1v) is 11.3. The molecule has 4 rings (SSSR count). The summed E-state index contributed by atoms with van der Waals surface area (Å²) in [5.74, 6) is -9.15. The topological polar surface area (TPSA) is 109 Å². The number of carbonyl (C=O) groups excluding carboxylic acids is 4. The van der Waals surface area contributed by atoms with Crippen molar-refractivity contribution in [1.29, 1.82) is 0 Å². The maximum atomic E-state index is 13.8. The van der Waals surface area contributed by atoms with Crippen LogP contribution in [0.5, 0.6) is 0 Å². The van der Waals surface area contributed by atoms with Crippen LogP contribution in [0.2, 0.25) is 0 Å². The third-order valence-electron chi connectivity index (χ3n) is 6.66. The van der Waals surface area contributed by atoms with Crippen LogP contribution in [0, 0.1) is 25.5 Å². The van der Waals surface area contributed by atoms with Crippen LogP contribution in [0.25, 0.3) is 0 Å². The molecule has 2 aliphatic rings. The number of nitrogens with one attached hydrogen (secondary N) is 3. The van der Waals surface area contributed by atoms with Gasteiger partial charge in [0.05, 0.1) is 5.56 Å². The maximum Gasteiger partial charge on any atom is 0.293 e. The number of aromatic nitrogens is 1. The maximum absolute atomic E-state index is 13.8. The predicted molar refractivity (Wildman–Crippen MR) is 120 cm³/mol. The van der Waals surface area contributed by atoms with E-state index in [9.17, 15) is 36.7 Å². The Kier molecular flexibility index (Phi) is 6.17. The van der Waals surface area contributed by atoms with E-state index in [1.807, 2.05) is 0 Å². The molecule has 3 amide bonds. The molecule has 36 heavy (non-hydrogen) atoms. The fourth-order valence-corrected chi connectivity index (χ4v) is 5.07. The highest BCUT2D eigenvalue weighted by molar-refractivity contribution is 6.44. The van der Waals surface area contributed by atoms with Crippen LogP contribution in [0.15, 0.2) is 12.1 Å². The van der Waals surface area contributed by atoms with Crippen LogP contribution in [0.3, 0.4) is 0 Å². The first-order chi connectivity index (χ1) is 16.8. The van der Waals surface area contributed by atoms with Crippen molar-refractivity contribution in [2.75, 3.05) is 12.4 Å². The number of nitrogens with zero attached hydrogens (tertiary/aromatic N) is 1. The zero-order valence-electron chi connectivity index (χ0n) is 19.8. The minimum absolute atomic E-state index is 0.00778. The summed E-state index contributed by atoms with van der Waals surface area (Å²) >= 11 is 0. The number of amides is 3. The summed E-state index contributed by atoms with van der Waals surface area (Å²) in [6, 6.07) is 2.08. The number of fused-ring (bicyclic) bond motifs is 1. The van der Waals surface area contributed by atoms with Crippen molar-refractivity contribution in [3.8, 4) is 0 Å². The van der Waals surface area contributed by atoms with Gasteiger partial charge in [0, 0.05) is 43.9 Å². The highest BCUT2D eigenvalue weighted by atomic mass is 19.3. The first-order valence-electron chi connectivity index (χ1n) is 11.3. The van der Waals surface area contributed by atoms with Crippen LogP contribution in [-0.2, 0) is 22.6 Å². The number of hydrogen-bond donors (Lipinski definition) is 3. The highest BCUT2D eigenvalue weighted by Crippen LogP contribution is 2.46. The molecule has 8 nitrogen and oxygen atoms in total. The second-order valence-corrected chi connectivity index (χ2v) is 9.25. The van der Waals surface area contributed by atoms with Gasteiger partial charge in [-0.05, 0) is 43.9 Å². The fraction of sp³-hybridized carbons (Fsp3) is 0.417. The monoisotopic (exact) mass is 508 g/mol. The molecule has 0 bridgehead atoms. The van der Waals surface area contributed by atoms with Gasteiger partial charge in [0.1, 0.15) is 11.2 Å². The number of benzene rings is 1. The van der Waals surface area contributed by atoms with E-state index in [-0.39, 0.29) is 28.1 Å². The van der Waals surface area contributed by atoms with Gasteiger partial charge in [-0.3, -0.25) is 19.2 Å². The minimum Gasteiger partial charge on any atom is -0.357 e. The average Bonchev–Trinajstić information content (AvgIpc) is 3.34. The Bertz CT molecular complexity index is 1290. The predicted octanol–water partition coefficient (Wildman–Crippen LogP) is 2.79. The van der Waals surface area contributed by atoms with Crippen LogP contribution >= 0.6 is 0 Å². The Labute approximate surface area is 203 Å². The Morgan fingerprint density at radius 3 is 2.31 bits per heavy atom. The SMILES string of the molecule is CNC(=O)C1(NC(=O)C(=O)c2c(C)c(C(=O)Nc3cc(C)c(F)c(F)c3)n3c2CCC3)CC(F)(F)C1. The number of ketones is 1. The Hall–Kier alpha value is -3.70. The largest absolute Gasteiger partial charge is 0.357 e. The summed E-state index contributed by atoms with van der Waals surface area (Å²) in [6.45, 7) is 3.18. The van der Waals surface area contributed by atoms with E-state index < -0.39 is 59.4 Å². The summed E-state index contributed by atoms with van der Waals surface area (Å²) in [5, 5.41) is 6.90. The van der Waals surface area contributed by atoms with Crippen LogP contribution in [0.1, 0.15) is 56.9 Å². The third kappa shape index (κ3) is 4.14. The molecule has 2 heterocycles. The fourth-order valence-electron chi connectivity index (χ4n) is 5.07. The smallest absolute Gasteiger partial charge is 0.293 e. The van der Waals surface area contributed by atoms with Gasteiger partial charge in [0.2, 0.25) is 5.91 Å². The van der Waals surface area contributed by atoms with Gasteiger partial charge in [-0.1, -0.05) is 0 Å². The summed E-state index contributed by atoms with van der Waals surface area (Å²) in [4.78, 5) is 51.3. The van der Waals surface area contributed by atoms with Gasteiger partial charge in [0.15, 0.2) is 11.6 Å². The molecule has 1 fully saturated rings. The number of alkyl halides is 2. The van der Waals surface area contributed by atoms with Gasteiger partial charge in [-0.2, -0.15) is 0 Å². The molecular weight excluding hydrogens is 484 g/mol. The lowest BCUT2D eigenvalue weighted by atomic mass is 9.72. The molecule has 3 N–H and O–H groups in total. The lowest BCUT2D eigenvalue weighted by Crippen LogP contribution is -2.69. The normalized spacial score (nSPS) is 17.1. The number of anilines is 1. The van der Waals surface area contributed by atoms with Gasteiger partial charge in [-0.15, -0.1) is 0 Å². The van der Waals surface area contributed by atoms with Crippen molar-refractivity contribution >= 4 is 29.2 Å². The van der Waals surface area contributed by atoms with Crippen molar-refractivity contribution in [2.45, 2.75) is 57.5 Å². The molecule has 192 valence electrons. The second kappa shape index (κ2) is 8.75. The lowest BCUT2D eigenvalue weighted by Gasteiger charge is -2.45. The van der Waals surface area contributed by atoms with Crippen molar-refractivity contribution < 1.29 is 36.7 Å². The van der Waals surface area contributed by atoms with E-state index in [0.29, 0.717) is 25.1 Å². The van der Waals surface area contributed by atoms with E-state index in [4.69, 9.17) is 0 Å². The van der Waals surface area contributed by atoms with Crippen LogP contribution in [0.4, 0.5) is 23.2 Å². The molecule has 1 aliphatic heterocycles. The molecule has 0 spiro atoms. The number of rotatable bonds is 6. The molecular formula is C24H24F4N4O4. The molecule has 2 aromatic rings. The van der Waals surface area contributed by atoms with Crippen molar-refractivity contribution in [2.24, 2.45) is 0 Å². The number of likely N-dealkylation sites (N-methyl/N-ethyl adjacent to an activating group) is 1. The van der Waals surface area contributed by atoms with Crippen molar-refractivity contribution in [3.63, 3.8) is 0 Å². The van der Waals surface area contributed by atoms with Crippen molar-refractivity contribution in [1.82, 2.24) is 15.2 Å². The molecule has 1 aromatic heterocycles. The third-order valence-corrected chi connectivity index (χ3v) is 6.66. The van der Waals surface area contributed by atoms with E-state index in [2.05, 4.69) is 16.0 Å². The molecule has 0 unspecified atom stereocenters. The van der Waals surface area contributed by atoms with Crippen LogP contribution in [-0.4, -0.2) is 46.6 Å². The number of aryl methyl sites for hydroxylation is 1. The molecule has 0 radical (unpaired) electrons. The summed E-state index contributed by atoms with van der Waals surface area (Å²) in [5.41, 5.74) is -1.30. The van der Waals surface area contributed by atoms with Gasteiger partial charge in [0.25, 0.3) is 23.5 Å². The number of Topliss-reactive ketones (excluding diaryl/α,β-unsaturated/α-hetero) is 1. The van der Waals surface area contributed by atoms with Gasteiger partial charge < -0.3 is 20.5 Å². The molecule has 0 atom stereocenters. The Morgan fingerprint density at radius 2 is 1.72 bits per heavy atom. The zero-order valence-corrected chi connectivity index (χ0v) is 19.8. The van der Waals surface area contributed by atoms with Crippen LogP contribution < -0.4 is 16.0 Å². The Balaban J connectivity index is 1.63. The van der Waals surface area contributed by atoms with E-state index in [0.717, 1.165) is 6.07 Å². The van der Waals surface area contributed by atoms with Gasteiger partial charge in [-0.25, -0.2) is 17.6 Å². The molecule has 1 aromatic carbocycles. The quantitative estimate of drug-likeness (QED) is 0.317. The summed E-state index contributed by atoms with van der Waals surface area (Å²) < 4.78 is 56.1. The average molecular weight is 508 g/mol. The Morgan fingerprint density at radius 1 is 1.06 bits per heavy atom. The second-order valence-electron chi connectivity index (χ2n) is 9.25. The van der Waals surface area contributed by atoms with Crippen molar-refractivity contribution in [3.05, 3.63) is 51.8 Å². The van der Waals surface area contributed by atoms with Gasteiger partial charge >= 0.3 is 0 Å². The molecule has 0 saturated heterocycles. The molecule has 1 aliphatic carbocycles. The van der Waals surface area contributed by atoms with E-state index in [1.165, 1.54) is 27.0 Å². The molecule has 1 saturated carbocycles. The first kappa shape index (κ1) is 25.4. The lowest BCUT2D eigenvalue weighted by molar-refractivity contribution is -0.164. The molecule has 12 heteroatoms. The zero-order chi connectivity index (χ0) is 26.6. The number of carbonyl (C=O) groups is 4. The van der Waals surface area contributed by atoms with E-state index >= 15 is 0 Å². The number of halogens is 4. The number of hydrogen-bond acceptors (Lipinski definition) is 4.